The summed E-state index contributed by atoms with van der Waals surface area (Å²) in [5.74, 6) is 0. The van der Waals surface area contributed by atoms with E-state index in [-0.39, 0.29) is 0 Å². The molecule has 0 rings (SSSR count). The summed E-state index contributed by atoms with van der Waals surface area (Å²) in [5.41, 5.74) is 0. The number of hydrogen-bond acceptors (Lipinski definition) is 3. The van der Waals surface area contributed by atoms with Crippen LogP contribution in [0.5, 0.6) is 0 Å². The summed E-state index contributed by atoms with van der Waals surface area (Å²) in [4.78, 5) is 9.64. The Balaban J connectivity index is 4.43. The summed E-state index contributed by atoms with van der Waals surface area (Å²) in [7, 11) is -3.61. The summed E-state index contributed by atoms with van der Waals surface area (Å²) in [6.07, 6.45) is 0.752. The summed E-state index contributed by atoms with van der Waals surface area (Å²) in [6.45, 7) is 0. The minimum Gasteiger partial charge on any atom is -0.263 e. The van der Waals surface area contributed by atoms with Crippen molar-refractivity contribution in [1.82, 2.24) is 0 Å². The van der Waals surface area contributed by atoms with E-state index in [1.807, 2.05) is 0 Å². The smallest absolute Gasteiger partial charge is 0.263 e. The van der Waals surface area contributed by atoms with Crippen LogP contribution in [0.1, 0.15) is 0 Å². The second kappa shape index (κ2) is 1.79. The van der Waals surface area contributed by atoms with E-state index < -0.39 is 14.4 Å². The van der Waals surface area contributed by atoms with Gasteiger partial charge in [0.2, 0.25) is 9.84 Å². The van der Waals surface area contributed by atoms with E-state index in [2.05, 4.69) is 11.6 Å². The van der Waals surface area contributed by atoms with Crippen molar-refractivity contribution in [3.63, 3.8) is 0 Å². The molecule has 0 aliphatic heterocycles. The largest absolute Gasteiger partial charge is 0.336 e. The number of carbonyl (C=O) groups is 1. The first kappa shape index (κ1) is 6.91. The van der Waals surface area contributed by atoms with E-state index in [9.17, 15) is 13.2 Å². The molecule has 0 bridgehead atoms. The van der Waals surface area contributed by atoms with Crippen molar-refractivity contribution >= 4 is 26.0 Å². The minimum atomic E-state index is -3.61. The van der Waals surface area contributed by atoms with Crippen LogP contribution < -0.4 is 0 Å². The molecular formula is C2H3ClO3S. The quantitative estimate of drug-likeness (QED) is 0.460. The zero-order valence-corrected chi connectivity index (χ0v) is 5.08. The van der Waals surface area contributed by atoms with Gasteiger partial charge in [-0.05, 0) is 11.6 Å². The normalized spacial score (nSPS) is 11.1. The van der Waals surface area contributed by atoms with E-state index in [0.717, 1.165) is 6.26 Å². The molecule has 0 aromatic carbocycles. The minimum absolute atomic E-state index is 0.752. The maximum Gasteiger partial charge on any atom is 0.336 e. The SMILES string of the molecule is CS(=O)(=O)C(=O)Cl. The van der Waals surface area contributed by atoms with Crippen LogP contribution >= 0.6 is 11.6 Å². The Bertz CT molecular complexity index is 167. The molecule has 0 aromatic heterocycles. The first-order valence-corrected chi connectivity index (χ1v) is 3.61. The van der Waals surface area contributed by atoms with Gasteiger partial charge in [-0.15, -0.1) is 0 Å². The highest BCUT2D eigenvalue weighted by molar-refractivity contribution is 8.08. The molecule has 0 unspecified atom stereocenters. The number of carbonyl (C=O) groups excluding carboxylic acids is 1. The topological polar surface area (TPSA) is 51.2 Å². The Hall–Kier alpha value is -0.0900. The summed E-state index contributed by atoms with van der Waals surface area (Å²) in [6, 6.07) is 0. The molecule has 0 saturated heterocycles. The van der Waals surface area contributed by atoms with Crippen LogP contribution in [0.4, 0.5) is 4.79 Å². The van der Waals surface area contributed by atoms with Gasteiger partial charge in [0.25, 0.3) is 0 Å². The van der Waals surface area contributed by atoms with E-state index >= 15 is 0 Å². The average molecular weight is 143 g/mol. The number of hydrogen-bond donors (Lipinski definition) is 0. The van der Waals surface area contributed by atoms with Crippen LogP contribution in [0.15, 0.2) is 0 Å². The predicted octanol–water partition coefficient (Wildman–Crippen LogP) is 0.390. The van der Waals surface area contributed by atoms with Crippen molar-refractivity contribution in [2.24, 2.45) is 0 Å². The molecule has 0 atom stereocenters. The summed E-state index contributed by atoms with van der Waals surface area (Å²) < 4.78 is 18.4. The van der Waals surface area contributed by atoms with E-state index in [0.29, 0.717) is 0 Å². The average Bonchev–Trinajstić information content (AvgIpc) is 1.31. The Morgan fingerprint density at radius 2 is 1.71 bits per heavy atom. The number of sulfone groups is 1. The molecular weight excluding hydrogens is 140 g/mol. The molecule has 5 heteroatoms. The van der Waals surface area contributed by atoms with Gasteiger partial charge in [-0.2, -0.15) is 0 Å². The first-order valence-electron chi connectivity index (χ1n) is 1.34. The molecule has 0 N–H and O–H groups in total. The van der Waals surface area contributed by atoms with Gasteiger partial charge >= 0.3 is 4.57 Å². The zero-order valence-electron chi connectivity index (χ0n) is 3.51. The molecule has 0 aromatic rings. The van der Waals surface area contributed by atoms with Crippen LogP contribution in [0, 0.1) is 0 Å². The van der Waals surface area contributed by atoms with Crippen molar-refractivity contribution in [2.45, 2.75) is 0 Å². The molecule has 0 heterocycles. The van der Waals surface area contributed by atoms with Crippen molar-refractivity contribution in [2.75, 3.05) is 6.26 Å². The van der Waals surface area contributed by atoms with Crippen LogP contribution in [0.25, 0.3) is 0 Å². The molecule has 0 fully saturated rings. The van der Waals surface area contributed by atoms with Gasteiger partial charge in [-0.3, -0.25) is 4.79 Å². The van der Waals surface area contributed by atoms with Gasteiger partial charge in [0.1, 0.15) is 0 Å². The van der Waals surface area contributed by atoms with Gasteiger partial charge in [-0.1, -0.05) is 0 Å². The maximum atomic E-state index is 9.85. The first-order chi connectivity index (χ1) is 2.94. The molecule has 0 aliphatic carbocycles. The van der Waals surface area contributed by atoms with Gasteiger partial charge in [0.05, 0.1) is 0 Å². The lowest BCUT2D eigenvalue weighted by molar-refractivity contribution is 0.274. The zero-order chi connectivity index (χ0) is 6.08. The molecule has 0 spiro atoms. The lowest BCUT2D eigenvalue weighted by atomic mass is 11.8. The van der Waals surface area contributed by atoms with E-state index in [1.54, 1.807) is 0 Å². The number of halogens is 1. The third kappa shape index (κ3) is 2.59. The standard InChI is InChI=1S/C2H3ClO3S/c1-7(5,6)2(3)4/h1H3. The Labute approximate surface area is 46.2 Å². The van der Waals surface area contributed by atoms with Crippen molar-refractivity contribution in [1.29, 1.82) is 0 Å². The molecule has 3 nitrogen and oxygen atoms in total. The van der Waals surface area contributed by atoms with Crippen molar-refractivity contribution < 1.29 is 13.2 Å². The molecule has 7 heavy (non-hydrogen) atoms. The van der Waals surface area contributed by atoms with Gasteiger partial charge in [0.15, 0.2) is 0 Å². The van der Waals surface area contributed by atoms with Gasteiger partial charge in [0, 0.05) is 6.26 Å². The highest BCUT2D eigenvalue weighted by Gasteiger charge is 2.09. The third-order valence-electron chi connectivity index (χ3n) is 0.292. The molecule has 42 valence electrons. The van der Waals surface area contributed by atoms with Crippen LogP contribution in [-0.4, -0.2) is 19.2 Å². The van der Waals surface area contributed by atoms with Crippen molar-refractivity contribution in [3.05, 3.63) is 0 Å². The van der Waals surface area contributed by atoms with E-state index in [4.69, 9.17) is 0 Å². The number of rotatable bonds is 0. The fraction of sp³-hybridized carbons (Fsp3) is 0.500. The van der Waals surface area contributed by atoms with Crippen molar-refractivity contribution in [3.8, 4) is 0 Å². The monoisotopic (exact) mass is 142 g/mol. The highest BCUT2D eigenvalue weighted by Crippen LogP contribution is 1.91. The lowest BCUT2D eigenvalue weighted by Crippen LogP contribution is -2.01. The third-order valence-corrected chi connectivity index (χ3v) is 1.72. The molecule has 0 aliphatic rings. The lowest BCUT2D eigenvalue weighted by Gasteiger charge is -1.78. The summed E-state index contributed by atoms with van der Waals surface area (Å²) >= 11 is 4.53. The van der Waals surface area contributed by atoms with Crippen LogP contribution in [-0.2, 0) is 9.84 Å². The molecule has 0 radical (unpaired) electrons. The second-order valence-electron chi connectivity index (χ2n) is 1.01. The summed E-state index contributed by atoms with van der Waals surface area (Å²) in [5, 5.41) is 0. The fourth-order valence-corrected chi connectivity index (χ4v) is 0. The Morgan fingerprint density at radius 3 is 1.71 bits per heavy atom. The van der Waals surface area contributed by atoms with Crippen LogP contribution in [0.3, 0.4) is 0 Å². The Morgan fingerprint density at radius 1 is 1.57 bits per heavy atom. The van der Waals surface area contributed by atoms with Gasteiger partial charge in [-0.25, -0.2) is 8.42 Å². The highest BCUT2D eigenvalue weighted by atomic mass is 35.5. The van der Waals surface area contributed by atoms with Gasteiger partial charge < -0.3 is 0 Å². The van der Waals surface area contributed by atoms with E-state index in [1.165, 1.54) is 0 Å². The maximum absolute atomic E-state index is 9.85. The molecule has 0 amide bonds. The Kier molecular flexibility index (Phi) is 1.77. The predicted molar refractivity (Wildman–Crippen MR) is 26.1 cm³/mol. The fourth-order valence-electron chi connectivity index (χ4n) is 0. The van der Waals surface area contributed by atoms with Crippen LogP contribution in [0.2, 0.25) is 0 Å². The molecule has 0 saturated carbocycles. The second-order valence-corrected chi connectivity index (χ2v) is 3.49.